The van der Waals surface area contributed by atoms with Crippen molar-refractivity contribution in [3.05, 3.63) is 54.0 Å². The van der Waals surface area contributed by atoms with Gasteiger partial charge < -0.3 is 10.1 Å². The Morgan fingerprint density at radius 3 is 2.83 bits per heavy atom. The summed E-state index contributed by atoms with van der Waals surface area (Å²) >= 11 is 0. The van der Waals surface area contributed by atoms with E-state index in [-0.39, 0.29) is 12.5 Å². The second-order valence-electron chi connectivity index (χ2n) is 5.20. The van der Waals surface area contributed by atoms with Crippen LogP contribution in [0.2, 0.25) is 0 Å². The first kappa shape index (κ1) is 15.2. The molecular formula is C17H16FN3O2. The Kier molecular flexibility index (Phi) is 4.08. The van der Waals surface area contributed by atoms with Crippen LogP contribution in [0.3, 0.4) is 0 Å². The summed E-state index contributed by atoms with van der Waals surface area (Å²) in [4.78, 5) is 16.4. The summed E-state index contributed by atoms with van der Waals surface area (Å²) in [5.41, 5.74) is 2.35. The molecule has 0 atom stereocenters. The van der Waals surface area contributed by atoms with Crippen molar-refractivity contribution in [1.82, 2.24) is 9.38 Å². The van der Waals surface area contributed by atoms with Gasteiger partial charge in [0.2, 0.25) is 0 Å². The van der Waals surface area contributed by atoms with Crippen molar-refractivity contribution in [3.8, 4) is 11.3 Å². The molecule has 0 spiro atoms. The number of ether oxygens (including phenoxy) is 1. The van der Waals surface area contributed by atoms with Gasteiger partial charge in [-0.05, 0) is 30.7 Å². The highest BCUT2D eigenvalue weighted by Crippen LogP contribution is 2.30. The van der Waals surface area contributed by atoms with Gasteiger partial charge in [0.1, 0.15) is 29.6 Å². The number of rotatable bonds is 4. The number of aromatic nitrogens is 2. The SMILES string of the molecule is COCC(=O)Nc1c(-c2ccccc2F)nc2ccc(C)cn12. The number of amides is 1. The molecule has 23 heavy (non-hydrogen) atoms. The van der Waals surface area contributed by atoms with Crippen molar-refractivity contribution in [1.29, 1.82) is 0 Å². The molecule has 1 aromatic carbocycles. The highest BCUT2D eigenvalue weighted by Gasteiger charge is 2.18. The van der Waals surface area contributed by atoms with Crippen LogP contribution < -0.4 is 5.32 Å². The average Bonchev–Trinajstić information content (AvgIpc) is 2.86. The fourth-order valence-electron chi connectivity index (χ4n) is 2.41. The first-order valence-electron chi connectivity index (χ1n) is 7.12. The summed E-state index contributed by atoms with van der Waals surface area (Å²) in [6, 6.07) is 10.1. The second-order valence-corrected chi connectivity index (χ2v) is 5.20. The van der Waals surface area contributed by atoms with Crippen molar-refractivity contribution >= 4 is 17.4 Å². The lowest BCUT2D eigenvalue weighted by Gasteiger charge is -2.08. The van der Waals surface area contributed by atoms with Crippen molar-refractivity contribution < 1.29 is 13.9 Å². The number of halogens is 1. The maximum Gasteiger partial charge on any atom is 0.251 e. The Morgan fingerprint density at radius 1 is 1.30 bits per heavy atom. The number of methoxy groups -OCH3 is 1. The minimum atomic E-state index is -0.394. The smallest absolute Gasteiger partial charge is 0.251 e. The van der Waals surface area contributed by atoms with Gasteiger partial charge in [0.05, 0.1) is 0 Å². The number of nitrogens with one attached hydrogen (secondary N) is 1. The van der Waals surface area contributed by atoms with E-state index in [0.29, 0.717) is 22.7 Å². The number of carbonyl (C=O) groups is 1. The average molecular weight is 313 g/mol. The monoisotopic (exact) mass is 313 g/mol. The summed E-state index contributed by atoms with van der Waals surface area (Å²) in [5.74, 6) is -0.292. The Hall–Kier alpha value is -2.73. The lowest BCUT2D eigenvalue weighted by Crippen LogP contribution is -2.18. The number of hydrogen-bond donors (Lipinski definition) is 1. The van der Waals surface area contributed by atoms with E-state index in [9.17, 15) is 9.18 Å². The van der Waals surface area contributed by atoms with E-state index in [1.165, 1.54) is 13.2 Å². The fraction of sp³-hybridized carbons (Fsp3) is 0.176. The topological polar surface area (TPSA) is 55.6 Å². The molecule has 0 aliphatic heterocycles. The van der Waals surface area contributed by atoms with Crippen LogP contribution in [0.25, 0.3) is 16.9 Å². The summed E-state index contributed by atoms with van der Waals surface area (Å²) in [7, 11) is 1.44. The second kappa shape index (κ2) is 6.18. The van der Waals surface area contributed by atoms with Crippen LogP contribution in [0.15, 0.2) is 42.6 Å². The van der Waals surface area contributed by atoms with Gasteiger partial charge in [0, 0.05) is 18.9 Å². The predicted octanol–water partition coefficient (Wildman–Crippen LogP) is 3.03. The van der Waals surface area contributed by atoms with E-state index >= 15 is 0 Å². The molecular weight excluding hydrogens is 297 g/mol. The Labute approximate surface area is 132 Å². The molecule has 1 N–H and O–H groups in total. The van der Waals surface area contributed by atoms with E-state index < -0.39 is 5.82 Å². The maximum absolute atomic E-state index is 14.2. The number of pyridine rings is 1. The zero-order chi connectivity index (χ0) is 16.4. The van der Waals surface area contributed by atoms with Gasteiger partial charge in [0.25, 0.3) is 5.91 Å². The van der Waals surface area contributed by atoms with Crippen molar-refractivity contribution in [2.75, 3.05) is 19.0 Å². The fourth-order valence-corrected chi connectivity index (χ4v) is 2.41. The normalized spacial score (nSPS) is 10.9. The minimum absolute atomic E-state index is 0.0875. The van der Waals surface area contributed by atoms with Crippen LogP contribution in [0.5, 0.6) is 0 Å². The molecule has 5 nitrogen and oxygen atoms in total. The molecule has 3 rings (SSSR count). The first-order valence-corrected chi connectivity index (χ1v) is 7.12. The Bertz CT molecular complexity index is 873. The highest BCUT2D eigenvalue weighted by atomic mass is 19.1. The molecule has 0 bridgehead atoms. The number of anilines is 1. The van der Waals surface area contributed by atoms with Gasteiger partial charge in [-0.2, -0.15) is 0 Å². The Morgan fingerprint density at radius 2 is 2.09 bits per heavy atom. The van der Waals surface area contributed by atoms with E-state index in [1.807, 2.05) is 25.3 Å². The van der Waals surface area contributed by atoms with E-state index in [2.05, 4.69) is 10.3 Å². The molecule has 0 saturated carbocycles. The predicted molar refractivity (Wildman–Crippen MR) is 85.8 cm³/mol. The summed E-state index contributed by atoms with van der Waals surface area (Å²) < 4.78 is 20.7. The lowest BCUT2D eigenvalue weighted by atomic mass is 10.1. The standard InChI is InChI=1S/C17H16FN3O2/c1-11-7-8-14-19-16(12-5-3-4-6-13(12)18)17(21(14)9-11)20-15(22)10-23-2/h3-9H,10H2,1-2H3,(H,20,22). The van der Waals surface area contributed by atoms with E-state index in [1.54, 1.807) is 22.6 Å². The van der Waals surface area contributed by atoms with Gasteiger partial charge in [0.15, 0.2) is 0 Å². The molecule has 6 heteroatoms. The number of imidazole rings is 1. The van der Waals surface area contributed by atoms with Gasteiger partial charge >= 0.3 is 0 Å². The maximum atomic E-state index is 14.2. The number of fused-ring (bicyclic) bond motifs is 1. The third kappa shape index (κ3) is 2.93. The molecule has 0 aliphatic rings. The number of aryl methyl sites for hydroxylation is 1. The van der Waals surface area contributed by atoms with Gasteiger partial charge in [-0.3, -0.25) is 9.20 Å². The zero-order valence-electron chi connectivity index (χ0n) is 12.8. The number of benzene rings is 1. The highest BCUT2D eigenvalue weighted by molar-refractivity contribution is 5.95. The molecule has 0 saturated heterocycles. The summed E-state index contributed by atoms with van der Waals surface area (Å²) in [6.45, 7) is 1.85. The van der Waals surface area contributed by atoms with Crippen LogP contribution in [-0.4, -0.2) is 29.0 Å². The molecule has 0 unspecified atom stereocenters. The lowest BCUT2D eigenvalue weighted by molar-refractivity contribution is -0.119. The number of carbonyl (C=O) groups excluding carboxylic acids is 1. The molecule has 3 aromatic rings. The van der Waals surface area contributed by atoms with Crippen LogP contribution in [0.1, 0.15) is 5.56 Å². The van der Waals surface area contributed by atoms with E-state index in [4.69, 9.17) is 4.74 Å². The molecule has 0 fully saturated rings. The molecule has 118 valence electrons. The van der Waals surface area contributed by atoms with Crippen LogP contribution in [-0.2, 0) is 9.53 Å². The van der Waals surface area contributed by atoms with Crippen LogP contribution in [0.4, 0.5) is 10.2 Å². The van der Waals surface area contributed by atoms with E-state index in [0.717, 1.165) is 5.56 Å². The summed E-state index contributed by atoms with van der Waals surface area (Å²) in [5, 5.41) is 2.76. The number of nitrogens with zero attached hydrogens (tertiary/aromatic N) is 2. The van der Waals surface area contributed by atoms with Gasteiger partial charge in [-0.25, -0.2) is 9.37 Å². The quantitative estimate of drug-likeness (QED) is 0.805. The molecule has 1 amide bonds. The largest absolute Gasteiger partial charge is 0.375 e. The minimum Gasteiger partial charge on any atom is -0.375 e. The van der Waals surface area contributed by atoms with Crippen molar-refractivity contribution in [2.24, 2.45) is 0 Å². The zero-order valence-corrected chi connectivity index (χ0v) is 12.8. The molecule has 0 aliphatic carbocycles. The third-order valence-electron chi connectivity index (χ3n) is 3.43. The molecule has 2 aromatic heterocycles. The van der Waals surface area contributed by atoms with Gasteiger partial charge in [-0.15, -0.1) is 0 Å². The summed E-state index contributed by atoms with van der Waals surface area (Å²) in [6.07, 6.45) is 1.84. The van der Waals surface area contributed by atoms with Crippen molar-refractivity contribution in [3.63, 3.8) is 0 Å². The van der Waals surface area contributed by atoms with Crippen LogP contribution >= 0.6 is 0 Å². The molecule has 2 heterocycles. The first-order chi connectivity index (χ1) is 11.1. The van der Waals surface area contributed by atoms with Gasteiger partial charge in [-0.1, -0.05) is 18.2 Å². The van der Waals surface area contributed by atoms with Crippen molar-refractivity contribution in [2.45, 2.75) is 6.92 Å². The molecule has 0 radical (unpaired) electrons. The number of hydrogen-bond acceptors (Lipinski definition) is 3. The van der Waals surface area contributed by atoms with Crippen LogP contribution in [0, 0.1) is 12.7 Å². The Balaban J connectivity index is 2.20. The third-order valence-corrected chi connectivity index (χ3v) is 3.43.